The van der Waals surface area contributed by atoms with E-state index in [-0.39, 0.29) is 31.3 Å². The van der Waals surface area contributed by atoms with Crippen LogP contribution in [0, 0.1) is 5.82 Å². The summed E-state index contributed by atoms with van der Waals surface area (Å²) >= 11 is 0. The van der Waals surface area contributed by atoms with Crippen molar-refractivity contribution in [2.75, 3.05) is 18.4 Å². The summed E-state index contributed by atoms with van der Waals surface area (Å²) < 4.78 is 13.5. The van der Waals surface area contributed by atoms with Crippen molar-refractivity contribution in [2.45, 2.75) is 30.6 Å². The quantitative estimate of drug-likeness (QED) is 0.835. The molecule has 2 aliphatic heterocycles. The molecule has 6 nitrogen and oxygen atoms in total. The predicted molar refractivity (Wildman–Crippen MR) is 104 cm³/mol. The van der Waals surface area contributed by atoms with Crippen molar-refractivity contribution < 1.29 is 23.9 Å². The number of benzene rings is 2. The van der Waals surface area contributed by atoms with Crippen molar-refractivity contribution in [3.05, 3.63) is 65.5 Å². The van der Waals surface area contributed by atoms with Gasteiger partial charge < -0.3 is 15.3 Å². The van der Waals surface area contributed by atoms with Crippen molar-refractivity contribution >= 4 is 23.5 Å². The third-order valence-electron chi connectivity index (χ3n) is 6.02. The van der Waals surface area contributed by atoms with Gasteiger partial charge in [0.25, 0.3) is 0 Å². The van der Waals surface area contributed by atoms with E-state index in [1.54, 1.807) is 4.90 Å². The molecular formula is C22H21FN2O4. The van der Waals surface area contributed by atoms with Crippen molar-refractivity contribution in [3.63, 3.8) is 0 Å². The zero-order valence-electron chi connectivity index (χ0n) is 15.7. The van der Waals surface area contributed by atoms with Gasteiger partial charge >= 0.3 is 5.97 Å². The van der Waals surface area contributed by atoms with Crippen LogP contribution < -0.4 is 5.32 Å². The van der Waals surface area contributed by atoms with E-state index in [4.69, 9.17) is 0 Å². The SMILES string of the molecule is O=C1CC(C(=O)N2CCC(C(=O)O)(c3ccccc3)CC2)c2ccc(F)cc2N1. The summed E-state index contributed by atoms with van der Waals surface area (Å²) in [6, 6.07) is 13.1. The summed E-state index contributed by atoms with van der Waals surface area (Å²) in [5, 5.41) is 12.5. The van der Waals surface area contributed by atoms with Gasteiger partial charge in [0.1, 0.15) is 5.82 Å². The first-order chi connectivity index (χ1) is 13.9. The van der Waals surface area contributed by atoms with Crippen LogP contribution in [0.5, 0.6) is 0 Å². The first-order valence-electron chi connectivity index (χ1n) is 9.58. The smallest absolute Gasteiger partial charge is 0.314 e. The number of carboxylic acids is 1. The van der Waals surface area contributed by atoms with Crippen LogP contribution in [0.2, 0.25) is 0 Å². The van der Waals surface area contributed by atoms with E-state index >= 15 is 0 Å². The van der Waals surface area contributed by atoms with Crippen LogP contribution in [0.4, 0.5) is 10.1 Å². The van der Waals surface area contributed by atoms with Gasteiger partial charge in [0, 0.05) is 25.2 Å². The lowest BCUT2D eigenvalue weighted by molar-refractivity contribution is -0.148. The number of nitrogens with zero attached hydrogens (tertiary/aromatic N) is 1. The fraction of sp³-hybridized carbons (Fsp3) is 0.318. The van der Waals surface area contributed by atoms with Gasteiger partial charge in [-0.2, -0.15) is 0 Å². The third-order valence-corrected chi connectivity index (χ3v) is 6.02. The molecule has 0 spiro atoms. The molecule has 2 aromatic rings. The number of halogens is 1. The second-order valence-corrected chi connectivity index (χ2v) is 7.62. The number of likely N-dealkylation sites (tertiary alicyclic amines) is 1. The first-order valence-corrected chi connectivity index (χ1v) is 9.58. The zero-order chi connectivity index (χ0) is 20.6. The van der Waals surface area contributed by atoms with Gasteiger partial charge in [0.05, 0.1) is 11.3 Å². The highest BCUT2D eigenvalue weighted by Gasteiger charge is 2.45. The Morgan fingerprint density at radius 1 is 1.10 bits per heavy atom. The molecule has 4 rings (SSSR count). The molecule has 1 atom stereocenters. The Morgan fingerprint density at radius 3 is 2.45 bits per heavy atom. The maximum atomic E-state index is 13.5. The van der Waals surface area contributed by atoms with Crippen molar-refractivity contribution in [2.24, 2.45) is 0 Å². The zero-order valence-corrected chi connectivity index (χ0v) is 15.7. The van der Waals surface area contributed by atoms with Crippen molar-refractivity contribution in [1.82, 2.24) is 4.90 Å². The molecule has 7 heteroatoms. The Hall–Kier alpha value is -3.22. The molecule has 150 valence electrons. The van der Waals surface area contributed by atoms with Crippen LogP contribution >= 0.6 is 0 Å². The number of hydrogen-bond acceptors (Lipinski definition) is 3. The minimum atomic E-state index is -1.02. The summed E-state index contributed by atoms with van der Waals surface area (Å²) in [5.74, 6) is -2.62. The second kappa shape index (κ2) is 7.31. The number of rotatable bonds is 3. The maximum absolute atomic E-state index is 13.5. The van der Waals surface area contributed by atoms with E-state index in [0.29, 0.717) is 24.1 Å². The van der Waals surface area contributed by atoms with Crippen molar-refractivity contribution in [1.29, 1.82) is 0 Å². The molecule has 1 fully saturated rings. The fourth-order valence-electron chi connectivity index (χ4n) is 4.37. The lowest BCUT2D eigenvalue weighted by Gasteiger charge is -2.40. The predicted octanol–water partition coefficient (Wildman–Crippen LogP) is 2.90. The van der Waals surface area contributed by atoms with Gasteiger partial charge in [-0.15, -0.1) is 0 Å². The van der Waals surface area contributed by atoms with E-state index in [1.807, 2.05) is 30.3 Å². The van der Waals surface area contributed by atoms with E-state index in [9.17, 15) is 23.9 Å². The van der Waals surface area contributed by atoms with Gasteiger partial charge in [-0.05, 0) is 36.1 Å². The van der Waals surface area contributed by atoms with Crippen LogP contribution in [0.15, 0.2) is 48.5 Å². The lowest BCUT2D eigenvalue weighted by atomic mass is 9.72. The number of hydrogen-bond donors (Lipinski definition) is 2. The Kier molecular flexibility index (Phi) is 4.82. The fourth-order valence-corrected chi connectivity index (χ4v) is 4.37. The molecular weight excluding hydrogens is 375 g/mol. The molecule has 1 unspecified atom stereocenters. The van der Waals surface area contributed by atoms with Crippen LogP contribution in [-0.4, -0.2) is 40.9 Å². The highest BCUT2D eigenvalue weighted by molar-refractivity contribution is 6.01. The number of carboxylic acid groups (broad SMARTS) is 1. The van der Waals surface area contributed by atoms with Crippen LogP contribution in [-0.2, 0) is 19.8 Å². The minimum Gasteiger partial charge on any atom is -0.481 e. The number of fused-ring (bicyclic) bond motifs is 1. The average Bonchev–Trinajstić information content (AvgIpc) is 2.73. The molecule has 2 heterocycles. The third kappa shape index (κ3) is 3.37. The highest BCUT2D eigenvalue weighted by Crippen LogP contribution is 2.39. The number of carbonyl (C=O) groups is 3. The van der Waals surface area contributed by atoms with Crippen LogP contribution in [0.25, 0.3) is 0 Å². The molecule has 2 amide bonds. The summed E-state index contributed by atoms with van der Waals surface area (Å²) in [7, 11) is 0. The largest absolute Gasteiger partial charge is 0.481 e. The average molecular weight is 396 g/mol. The number of piperidine rings is 1. The molecule has 2 N–H and O–H groups in total. The lowest BCUT2D eigenvalue weighted by Crippen LogP contribution is -2.50. The van der Waals surface area contributed by atoms with E-state index in [0.717, 1.165) is 5.56 Å². The monoisotopic (exact) mass is 396 g/mol. The number of anilines is 1. The number of nitrogens with one attached hydrogen (secondary N) is 1. The molecule has 0 aliphatic carbocycles. The van der Waals surface area contributed by atoms with Crippen molar-refractivity contribution in [3.8, 4) is 0 Å². The van der Waals surface area contributed by atoms with Crippen LogP contribution in [0.1, 0.15) is 36.3 Å². The van der Waals surface area contributed by atoms with E-state index < -0.39 is 23.1 Å². The maximum Gasteiger partial charge on any atom is 0.314 e. The highest BCUT2D eigenvalue weighted by atomic mass is 19.1. The van der Waals surface area contributed by atoms with Crippen LogP contribution in [0.3, 0.4) is 0 Å². The summed E-state index contributed by atoms with van der Waals surface area (Å²) in [6.07, 6.45) is 0.595. The topological polar surface area (TPSA) is 86.7 Å². The molecule has 0 aromatic heterocycles. The minimum absolute atomic E-state index is 0.00325. The molecule has 29 heavy (non-hydrogen) atoms. The molecule has 1 saturated heterocycles. The van der Waals surface area contributed by atoms with Gasteiger partial charge in [-0.3, -0.25) is 14.4 Å². The Morgan fingerprint density at radius 2 is 1.79 bits per heavy atom. The number of amides is 2. The van der Waals surface area contributed by atoms with E-state index in [1.165, 1.54) is 18.2 Å². The normalized spacial score (nSPS) is 20.5. The summed E-state index contributed by atoms with van der Waals surface area (Å²) in [5.41, 5.74) is 0.621. The second-order valence-electron chi connectivity index (χ2n) is 7.62. The molecule has 0 saturated carbocycles. The Labute approximate surface area is 167 Å². The summed E-state index contributed by atoms with van der Waals surface area (Å²) in [6.45, 7) is 0.573. The molecule has 2 aromatic carbocycles. The Bertz CT molecular complexity index is 968. The first kappa shape index (κ1) is 19.1. The van der Waals surface area contributed by atoms with Gasteiger partial charge in [-0.25, -0.2) is 4.39 Å². The van der Waals surface area contributed by atoms with Gasteiger partial charge in [-0.1, -0.05) is 36.4 Å². The number of carbonyl (C=O) groups excluding carboxylic acids is 2. The Balaban J connectivity index is 1.55. The standard InChI is InChI=1S/C22H21FN2O4/c23-15-6-7-16-17(13-19(26)24-18(16)12-15)20(27)25-10-8-22(9-11-25,21(28)29)14-4-2-1-3-5-14/h1-7,12,17H,8-11,13H2,(H,24,26)(H,28,29). The van der Waals surface area contributed by atoms with Gasteiger partial charge in [0.15, 0.2) is 0 Å². The number of aliphatic carboxylic acids is 1. The van der Waals surface area contributed by atoms with E-state index in [2.05, 4.69) is 5.32 Å². The molecule has 0 radical (unpaired) electrons. The molecule has 2 aliphatic rings. The van der Waals surface area contributed by atoms with Gasteiger partial charge in [0.2, 0.25) is 11.8 Å². The molecule has 0 bridgehead atoms. The summed E-state index contributed by atoms with van der Waals surface area (Å²) in [4.78, 5) is 38.9.